The Morgan fingerprint density at radius 1 is 1.05 bits per heavy atom. The number of aromatic nitrogens is 2. The SMILES string of the molecule is CCCCCNc1ccc(C(=O)Nc2ccccc2)nn1. The highest BCUT2D eigenvalue weighted by Crippen LogP contribution is 2.08. The Morgan fingerprint density at radius 3 is 2.52 bits per heavy atom. The molecule has 0 aliphatic rings. The molecule has 0 aliphatic carbocycles. The predicted octanol–water partition coefficient (Wildman–Crippen LogP) is 3.33. The van der Waals surface area contributed by atoms with Gasteiger partial charge in [0, 0.05) is 12.2 Å². The summed E-state index contributed by atoms with van der Waals surface area (Å²) in [5.41, 5.74) is 1.05. The molecule has 21 heavy (non-hydrogen) atoms. The molecule has 1 amide bonds. The third kappa shape index (κ3) is 4.87. The van der Waals surface area contributed by atoms with Gasteiger partial charge in [-0.05, 0) is 30.7 Å². The van der Waals surface area contributed by atoms with Gasteiger partial charge in [-0.1, -0.05) is 38.0 Å². The van der Waals surface area contributed by atoms with E-state index in [1.165, 1.54) is 12.8 Å². The van der Waals surface area contributed by atoms with E-state index in [0.717, 1.165) is 18.7 Å². The monoisotopic (exact) mass is 284 g/mol. The number of nitrogens with one attached hydrogen (secondary N) is 2. The van der Waals surface area contributed by atoms with E-state index in [1.807, 2.05) is 30.3 Å². The summed E-state index contributed by atoms with van der Waals surface area (Å²) in [7, 11) is 0. The van der Waals surface area contributed by atoms with Crippen LogP contribution in [-0.2, 0) is 0 Å². The highest BCUT2D eigenvalue weighted by Gasteiger charge is 2.08. The maximum Gasteiger partial charge on any atom is 0.276 e. The van der Waals surface area contributed by atoms with Crippen LogP contribution in [0.25, 0.3) is 0 Å². The van der Waals surface area contributed by atoms with Gasteiger partial charge < -0.3 is 10.6 Å². The van der Waals surface area contributed by atoms with Gasteiger partial charge in [-0.3, -0.25) is 4.79 Å². The number of hydrogen-bond acceptors (Lipinski definition) is 4. The summed E-state index contributed by atoms with van der Waals surface area (Å²) in [4.78, 5) is 12.0. The normalized spacial score (nSPS) is 10.1. The highest BCUT2D eigenvalue weighted by atomic mass is 16.1. The third-order valence-electron chi connectivity index (χ3n) is 3.02. The molecule has 0 fully saturated rings. The van der Waals surface area contributed by atoms with E-state index in [9.17, 15) is 4.79 Å². The van der Waals surface area contributed by atoms with Crippen molar-refractivity contribution in [3.8, 4) is 0 Å². The van der Waals surface area contributed by atoms with Crippen molar-refractivity contribution < 1.29 is 4.79 Å². The zero-order chi connectivity index (χ0) is 14.9. The summed E-state index contributed by atoms with van der Waals surface area (Å²) in [5, 5.41) is 13.9. The molecule has 2 aromatic rings. The molecule has 5 heteroatoms. The number of para-hydroxylation sites is 1. The van der Waals surface area contributed by atoms with Crippen molar-refractivity contribution in [2.45, 2.75) is 26.2 Å². The van der Waals surface area contributed by atoms with Gasteiger partial charge >= 0.3 is 0 Å². The number of amides is 1. The first-order chi connectivity index (χ1) is 10.3. The lowest BCUT2D eigenvalue weighted by Gasteiger charge is -2.06. The fraction of sp³-hybridized carbons (Fsp3) is 0.312. The van der Waals surface area contributed by atoms with E-state index < -0.39 is 0 Å². The second-order valence-corrected chi connectivity index (χ2v) is 4.76. The van der Waals surface area contributed by atoms with Crippen molar-refractivity contribution in [3.05, 3.63) is 48.2 Å². The molecule has 0 unspecified atom stereocenters. The summed E-state index contributed by atoms with van der Waals surface area (Å²) >= 11 is 0. The van der Waals surface area contributed by atoms with Crippen LogP contribution in [0, 0.1) is 0 Å². The number of carbonyl (C=O) groups is 1. The molecule has 0 saturated heterocycles. The van der Waals surface area contributed by atoms with Crippen molar-refractivity contribution in [2.24, 2.45) is 0 Å². The van der Waals surface area contributed by atoms with Gasteiger partial charge in [0.05, 0.1) is 0 Å². The average Bonchev–Trinajstić information content (AvgIpc) is 2.53. The van der Waals surface area contributed by atoms with Gasteiger partial charge in [-0.2, -0.15) is 0 Å². The summed E-state index contributed by atoms with van der Waals surface area (Å²) < 4.78 is 0. The van der Waals surface area contributed by atoms with E-state index >= 15 is 0 Å². The molecule has 0 bridgehead atoms. The quantitative estimate of drug-likeness (QED) is 0.765. The van der Waals surface area contributed by atoms with Crippen LogP contribution >= 0.6 is 0 Å². The Balaban J connectivity index is 1.88. The molecule has 0 saturated carbocycles. The predicted molar refractivity (Wildman–Crippen MR) is 84.4 cm³/mol. The summed E-state index contributed by atoms with van der Waals surface area (Å²) in [6.45, 7) is 3.04. The molecular weight excluding hydrogens is 264 g/mol. The number of nitrogens with zero attached hydrogens (tertiary/aromatic N) is 2. The summed E-state index contributed by atoms with van der Waals surface area (Å²) in [5.74, 6) is 0.439. The first kappa shape index (κ1) is 15.0. The highest BCUT2D eigenvalue weighted by molar-refractivity contribution is 6.02. The van der Waals surface area contributed by atoms with Crippen LogP contribution in [-0.4, -0.2) is 22.6 Å². The number of anilines is 2. The van der Waals surface area contributed by atoms with Crippen molar-refractivity contribution in [3.63, 3.8) is 0 Å². The molecule has 1 heterocycles. The fourth-order valence-electron chi connectivity index (χ4n) is 1.86. The summed E-state index contributed by atoms with van der Waals surface area (Å²) in [6, 6.07) is 12.7. The van der Waals surface area contributed by atoms with Crippen LogP contribution in [0.3, 0.4) is 0 Å². The first-order valence-corrected chi connectivity index (χ1v) is 7.23. The Kier molecular flexibility index (Phi) is 5.70. The van der Waals surface area contributed by atoms with Crippen molar-refractivity contribution in [1.29, 1.82) is 0 Å². The number of hydrogen-bond donors (Lipinski definition) is 2. The second-order valence-electron chi connectivity index (χ2n) is 4.76. The van der Waals surface area contributed by atoms with Gasteiger partial charge in [-0.25, -0.2) is 0 Å². The van der Waals surface area contributed by atoms with Gasteiger partial charge in [0.1, 0.15) is 5.82 Å². The van der Waals surface area contributed by atoms with Crippen LogP contribution in [0.5, 0.6) is 0 Å². The zero-order valence-electron chi connectivity index (χ0n) is 12.2. The van der Waals surface area contributed by atoms with E-state index in [4.69, 9.17) is 0 Å². The number of unbranched alkanes of at least 4 members (excludes halogenated alkanes) is 2. The fourth-order valence-corrected chi connectivity index (χ4v) is 1.86. The molecule has 1 aromatic heterocycles. The van der Waals surface area contributed by atoms with Crippen LogP contribution in [0.15, 0.2) is 42.5 Å². The van der Waals surface area contributed by atoms with Crippen LogP contribution in [0.1, 0.15) is 36.7 Å². The zero-order valence-corrected chi connectivity index (χ0v) is 12.2. The minimum Gasteiger partial charge on any atom is -0.369 e. The Morgan fingerprint density at radius 2 is 1.86 bits per heavy atom. The number of carbonyl (C=O) groups excluding carboxylic acids is 1. The van der Waals surface area contributed by atoms with Gasteiger partial charge in [0.2, 0.25) is 0 Å². The van der Waals surface area contributed by atoms with Crippen LogP contribution in [0.4, 0.5) is 11.5 Å². The lowest BCUT2D eigenvalue weighted by molar-refractivity contribution is 0.102. The number of rotatable bonds is 7. The molecule has 110 valence electrons. The Bertz CT molecular complexity index is 554. The lowest BCUT2D eigenvalue weighted by atomic mass is 10.2. The molecular formula is C16H20N4O. The maximum absolute atomic E-state index is 12.0. The van der Waals surface area contributed by atoms with Gasteiger partial charge in [0.15, 0.2) is 5.69 Å². The van der Waals surface area contributed by atoms with Crippen molar-refractivity contribution in [2.75, 3.05) is 17.2 Å². The minimum absolute atomic E-state index is 0.258. The second kappa shape index (κ2) is 7.99. The van der Waals surface area contributed by atoms with Gasteiger partial charge in [-0.15, -0.1) is 10.2 Å². The smallest absolute Gasteiger partial charge is 0.276 e. The first-order valence-electron chi connectivity index (χ1n) is 7.23. The number of benzene rings is 1. The van der Waals surface area contributed by atoms with Crippen LogP contribution in [0.2, 0.25) is 0 Å². The minimum atomic E-state index is -0.258. The van der Waals surface area contributed by atoms with Crippen molar-refractivity contribution >= 4 is 17.4 Å². The maximum atomic E-state index is 12.0. The lowest BCUT2D eigenvalue weighted by Crippen LogP contribution is -2.15. The van der Waals surface area contributed by atoms with Crippen LogP contribution < -0.4 is 10.6 Å². The topological polar surface area (TPSA) is 66.9 Å². The van der Waals surface area contributed by atoms with E-state index in [1.54, 1.807) is 12.1 Å². The van der Waals surface area contributed by atoms with E-state index in [2.05, 4.69) is 27.8 Å². The van der Waals surface area contributed by atoms with E-state index in [0.29, 0.717) is 11.5 Å². The average molecular weight is 284 g/mol. The molecule has 2 N–H and O–H groups in total. The Labute approximate surface area is 124 Å². The molecule has 0 aliphatic heterocycles. The van der Waals surface area contributed by atoms with Gasteiger partial charge in [0.25, 0.3) is 5.91 Å². The third-order valence-corrected chi connectivity index (χ3v) is 3.02. The molecule has 1 aromatic carbocycles. The molecule has 2 rings (SSSR count). The van der Waals surface area contributed by atoms with Crippen molar-refractivity contribution in [1.82, 2.24) is 10.2 Å². The molecule has 0 atom stereocenters. The molecule has 5 nitrogen and oxygen atoms in total. The van der Waals surface area contributed by atoms with E-state index in [-0.39, 0.29) is 5.91 Å². The summed E-state index contributed by atoms with van der Waals surface area (Å²) in [6.07, 6.45) is 3.48. The standard InChI is InChI=1S/C16H20N4O/c1-2-3-7-12-17-15-11-10-14(19-20-15)16(21)18-13-8-5-4-6-9-13/h4-6,8-11H,2-3,7,12H2,1H3,(H,17,20)(H,18,21). The molecule has 0 spiro atoms. The Hall–Kier alpha value is -2.43. The largest absolute Gasteiger partial charge is 0.369 e. The molecule has 0 radical (unpaired) electrons.